The SMILES string of the molecule is CCc1cccc2c(/C=N/NC(=O)CSc3nc(C)cc(C)n3)c[nH]c12. The van der Waals surface area contributed by atoms with Gasteiger partial charge >= 0.3 is 0 Å². The fourth-order valence-corrected chi connectivity index (χ4v) is 3.48. The predicted octanol–water partition coefficient (Wildman–Crippen LogP) is 3.38. The third-order valence-corrected chi connectivity index (χ3v) is 4.75. The molecule has 2 aromatic heterocycles. The van der Waals surface area contributed by atoms with Crippen LogP contribution < -0.4 is 5.43 Å². The van der Waals surface area contributed by atoms with E-state index in [4.69, 9.17) is 0 Å². The van der Waals surface area contributed by atoms with E-state index in [9.17, 15) is 4.79 Å². The van der Waals surface area contributed by atoms with Crippen molar-refractivity contribution in [3.63, 3.8) is 0 Å². The molecule has 1 aromatic carbocycles. The summed E-state index contributed by atoms with van der Waals surface area (Å²) in [6.07, 6.45) is 4.52. The van der Waals surface area contributed by atoms with E-state index in [1.165, 1.54) is 17.3 Å². The minimum atomic E-state index is -0.192. The first-order valence-electron chi connectivity index (χ1n) is 8.42. The van der Waals surface area contributed by atoms with Crippen molar-refractivity contribution >= 4 is 34.8 Å². The number of carbonyl (C=O) groups excluding carboxylic acids is 1. The molecule has 0 saturated heterocycles. The Kier molecular flexibility index (Phi) is 5.68. The summed E-state index contributed by atoms with van der Waals surface area (Å²) in [4.78, 5) is 23.9. The Bertz CT molecular complexity index is 943. The van der Waals surface area contributed by atoms with E-state index in [-0.39, 0.29) is 11.7 Å². The Hall–Kier alpha value is -2.67. The summed E-state index contributed by atoms with van der Waals surface area (Å²) in [5.41, 5.74) is 7.66. The first-order chi connectivity index (χ1) is 12.6. The molecule has 0 unspecified atom stereocenters. The van der Waals surface area contributed by atoms with Crippen molar-refractivity contribution in [3.05, 3.63) is 53.0 Å². The average Bonchev–Trinajstić information content (AvgIpc) is 3.02. The topological polar surface area (TPSA) is 83.0 Å². The molecular formula is C19H21N5OS. The summed E-state index contributed by atoms with van der Waals surface area (Å²) in [5, 5.41) is 5.77. The number of amides is 1. The molecule has 0 fully saturated rings. The van der Waals surface area contributed by atoms with Crippen molar-refractivity contribution in [2.45, 2.75) is 32.3 Å². The fourth-order valence-electron chi connectivity index (χ4n) is 2.73. The predicted molar refractivity (Wildman–Crippen MR) is 106 cm³/mol. The lowest BCUT2D eigenvalue weighted by molar-refractivity contribution is -0.118. The minimum Gasteiger partial charge on any atom is -0.360 e. The Morgan fingerprint density at radius 1 is 1.31 bits per heavy atom. The molecule has 0 atom stereocenters. The Labute approximate surface area is 156 Å². The molecule has 3 rings (SSSR count). The third-order valence-electron chi connectivity index (χ3n) is 3.90. The van der Waals surface area contributed by atoms with Gasteiger partial charge in [0, 0.05) is 34.1 Å². The van der Waals surface area contributed by atoms with E-state index in [0.717, 1.165) is 34.3 Å². The first kappa shape index (κ1) is 18.1. The highest BCUT2D eigenvalue weighted by Gasteiger charge is 2.07. The quantitative estimate of drug-likeness (QED) is 0.303. The van der Waals surface area contributed by atoms with Gasteiger partial charge in [0.15, 0.2) is 5.16 Å². The second-order valence-corrected chi connectivity index (χ2v) is 6.89. The number of benzene rings is 1. The molecule has 6 nitrogen and oxygen atoms in total. The molecule has 0 saturated carbocycles. The van der Waals surface area contributed by atoms with Crippen molar-refractivity contribution in [1.82, 2.24) is 20.4 Å². The lowest BCUT2D eigenvalue weighted by Gasteiger charge is -2.02. The molecule has 26 heavy (non-hydrogen) atoms. The summed E-state index contributed by atoms with van der Waals surface area (Å²) < 4.78 is 0. The molecule has 0 radical (unpaired) electrons. The Morgan fingerprint density at radius 2 is 2.08 bits per heavy atom. The second-order valence-electron chi connectivity index (χ2n) is 5.95. The number of aromatic nitrogens is 3. The minimum absolute atomic E-state index is 0.192. The van der Waals surface area contributed by atoms with Crippen molar-refractivity contribution in [2.75, 3.05) is 5.75 Å². The fraction of sp³-hybridized carbons (Fsp3) is 0.263. The summed E-state index contributed by atoms with van der Waals surface area (Å²) in [7, 11) is 0. The Balaban J connectivity index is 1.59. The molecular weight excluding hydrogens is 346 g/mol. The third kappa shape index (κ3) is 4.29. The first-order valence-corrected chi connectivity index (χ1v) is 9.41. The van der Waals surface area contributed by atoms with Crippen LogP contribution in [0.2, 0.25) is 0 Å². The monoisotopic (exact) mass is 367 g/mol. The van der Waals surface area contributed by atoms with Gasteiger partial charge in [-0.15, -0.1) is 0 Å². The van der Waals surface area contributed by atoms with Gasteiger partial charge in [-0.2, -0.15) is 5.10 Å². The van der Waals surface area contributed by atoms with Crippen molar-refractivity contribution in [2.24, 2.45) is 5.10 Å². The lowest BCUT2D eigenvalue weighted by Crippen LogP contribution is -2.19. The van der Waals surface area contributed by atoms with Crippen molar-refractivity contribution in [3.8, 4) is 0 Å². The van der Waals surface area contributed by atoms with Gasteiger partial charge in [0.2, 0.25) is 0 Å². The number of fused-ring (bicyclic) bond motifs is 1. The average molecular weight is 367 g/mol. The number of nitrogens with zero attached hydrogens (tertiary/aromatic N) is 3. The highest BCUT2D eigenvalue weighted by molar-refractivity contribution is 7.99. The molecule has 2 N–H and O–H groups in total. The number of rotatable bonds is 6. The molecule has 1 amide bonds. The van der Waals surface area contributed by atoms with Gasteiger partial charge < -0.3 is 4.98 Å². The normalized spacial score (nSPS) is 11.3. The number of H-pyrrole nitrogens is 1. The van der Waals surface area contributed by atoms with Crippen molar-refractivity contribution in [1.29, 1.82) is 0 Å². The second kappa shape index (κ2) is 8.14. The number of hydrogen-bond donors (Lipinski definition) is 2. The molecule has 134 valence electrons. The van der Waals surface area contributed by atoms with Crippen LogP contribution in [-0.2, 0) is 11.2 Å². The Morgan fingerprint density at radius 3 is 2.81 bits per heavy atom. The number of para-hydroxylation sites is 1. The molecule has 0 spiro atoms. The number of hydrogen-bond acceptors (Lipinski definition) is 5. The van der Waals surface area contributed by atoms with Crippen LogP contribution in [0, 0.1) is 13.8 Å². The van der Waals surface area contributed by atoms with Crippen LogP contribution in [0.1, 0.15) is 29.4 Å². The van der Waals surface area contributed by atoms with Crippen LogP contribution in [0.5, 0.6) is 0 Å². The maximum Gasteiger partial charge on any atom is 0.250 e. The maximum atomic E-state index is 12.0. The van der Waals surface area contributed by atoms with Gasteiger partial charge in [-0.05, 0) is 31.9 Å². The molecule has 0 aliphatic carbocycles. The standard InChI is InChI=1S/C19H21N5OS/c1-4-14-6-5-7-16-15(9-20-18(14)16)10-21-24-17(25)11-26-19-22-12(2)8-13(3)23-19/h5-10,20H,4,11H2,1-3H3,(H,24,25)/b21-10+. The number of carbonyl (C=O) groups is 1. The van der Waals surface area contributed by atoms with Gasteiger partial charge in [0.25, 0.3) is 5.91 Å². The van der Waals surface area contributed by atoms with Crippen molar-refractivity contribution < 1.29 is 4.79 Å². The number of aromatic amines is 1. The number of nitrogens with one attached hydrogen (secondary N) is 2. The zero-order valence-corrected chi connectivity index (χ0v) is 15.9. The van der Waals surface area contributed by atoms with Gasteiger partial charge in [-0.25, -0.2) is 15.4 Å². The highest BCUT2D eigenvalue weighted by Crippen LogP contribution is 2.21. The van der Waals surface area contributed by atoms with E-state index < -0.39 is 0 Å². The number of hydrazone groups is 1. The molecule has 2 heterocycles. The summed E-state index contributed by atoms with van der Waals surface area (Å²) >= 11 is 1.30. The molecule has 7 heteroatoms. The summed E-state index contributed by atoms with van der Waals surface area (Å²) in [6.45, 7) is 5.95. The zero-order chi connectivity index (χ0) is 18.5. The smallest absolute Gasteiger partial charge is 0.250 e. The zero-order valence-electron chi connectivity index (χ0n) is 15.0. The van der Waals surface area contributed by atoms with Gasteiger partial charge in [0.1, 0.15) is 0 Å². The van der Waals surface area contributed by atoms with Gasteiger partial charge in [-0.1, -0.05) is 36.9 Å². The number of thioether (sulfide) groups is 1. The van der Waals surface area contributed by atoms with Crippen LogP contribution in [-0.4, -0.2) is 32.8 Å². The van der Waals surface area contributed by atoms with Crippen LogP contribution in [0.3, 0.4) is 0 Å². The van der Waals surface area contributed by atoms with E-state index in [1.54, 1.807) is 6.21 Å². The van der Waals surface area contributed by atoms with Crippen LogP contribution in [0.4, 0.5) is 0 Å². The largest absolute Gasteiger partial charge is 0.360 e. The van der Waals surface area contributed by atoms with E-state index in [2.05, 4.69) is 38.5 Å². The molecule has 0 aliphatic heterocycles. The van der Waals surface area contributed by atoms with E-state index in [1.807, 2.05) is 38.2 Å². The van der Waals surface area contributed by atoms with Crippen LogP contribution >= 0.6 is 11.8 Å². The highest BCUT2D eigenvalue weighted by atomic mass is 32.2. The van der Waals surface area contributed by atoms with E-state index >= 15 is 0 Å². The maximum absolute atomic E-state index is 12.0. The van der Waals surface area contributed by atoms with Crippen LogP contribution in [0.15, 0.2) is 40.7 Å². The molecule has 3 aromatic rings. The number of aryl methyl sites for hydroxylation is 3. The van der Waals surface area contributed by atoms with Gasteiger partial charge in [0.05, 0.1) is 12.0 Å². The van der Waals surface area contributed by atoms with Crippen LogP contribution in [0.25, 0.3) is 10.9 Å². The van der Waals surface area contributed by atoms with Gasteiger partial charge in [-0.3, -0.25) is 4.79 Å². The summed E-state index contributed by atoms with van der Waals surface area (Å²) in [6, 6.07) is 8.08. The molecule has 0 bridgehead atoms. The summed E-state index contributed by atoms with van der Waals surface area (Å²) in [5.74, 6) is 0.0248. The lowest BCUT2D eigenvalue weighted by atomic mass is 10.1. The molecule has 0 aliphatic rings. The van der Waals surface area contributed by atoms with E-state index in [0.29, 0.717) is 5.16 Å².